The number of anilines is 1. The molecular formula is C22H23F2N5O6S2. The maximum Gasteiger partial charge on any atom is 0.355 e. The first-order valence-electron chi connectivity index (χ1n) is 11.1. The van der Waals surface area contributed by atoms with Crippen molar-refractivity contribution in [3.63, 3.8) is 0 Å². The van der Waals surface area contributed by atoms with Gasteiger partial charge in [0.1, 0.15) is 11.8 Å². The summed E-state index contributed by atoms with van der Waals surface area (Å²) in [5.41, 5.74) is 0.825. The maximum absolute atomic E-state index is 13.2. The van der Waals surface area contributed by atoms with Crippen molar-refractivity contribution in [2.24, 2.45) is 0 Å². The van der Waals surface area contributed by atoms with Gasteiger partial charge in [0.05, 0.1) is 49.7 Å². The number of nitrogens with one attached hydrogen (secondary N) is 2. The molecule has 15 heteroatoms. The molecule has 1 amide bonds. The number of nitrogens with zero attached hydrogens (tertiary/aromatic N) is 3. The van der Waals surface area contributed by atoms with Gasteiger partial charge in [-0.3, -0.25) is 14.5 Å². The van der Waals surface area contributed by atoms with E-state index in [0.717, 1.165) is 11.3 Å². The Morgan fingerprint density at radius 3 is 2.84 bits per heavy atom. The fourth-order valence-corrected chi connectivity index (χ4v) is 4.80. The van der Waals surface area contributed by atoms with Crippen LogP contribution in [0.15, 0.2) is 42.9 Å². The number of rotatable bonds is 10. The molecule has 11 nitrogen and oxygen atoms in total. The first kappa shape index (κ1) is 26.8. The van der Waals surface area contributed by atoms with Crippen molar-refractivity contribution in [2.45, 2.75) is 24.8 Å². The van der Waals surface area contributed by atoms with E-state index in [4.69, 9.17) is 14.2 Å². The molecule has 1 fully saturated rings. The number of benzene rings is 1. The van der Waals surface area contributed by atoms with Gasteiger partial charge in [-0.2, -0.15) is 8.78 Å². The summed E-state index contributed by atoms with van der Waals surface area (Å²) in [4.78, 5) is 26.4. The van der Waals surface area contributed by atoms with Crippen molar-refractivity contribution in [3.8, 4) is 16.5 Å². The van der Waals surface area contributed by atoms with Crippen LogP contribution in [0.4, 0.5) is 14.5 Å². The minimum Gasteiger partial charge on any atom is -0.477 e. The van der Waals surface area contributed by atoms with Crippen LogP contribution in [0, 0.1) is 0 Å². The summed E-state index contributed by atoms with van der Waals surface area (Å²) in [6.07, 6.45) is 3.88. The number of halogens is 2. The summed E-state index contributed by atoms with van der Waals surface area (Å²) in [6.45, 7) is 3.06. The van der Waals surface area contributed by atoms with E-state index in [1.807, 2.05) is 11.6 Å². The summed E-state index contributed by atoms with van der Waals surface area (Å²) < 4.78 is 67.4. The summed E-state index contributed by atoms with van der Waals surface area (Å²) >= 11 is 1.09. The van der Waals surface area contributed by atoms with Crippen molar-refractivity contribution in [1.29, 1.82) is 0 Å². The largest absolute Gasteiger partial charge is 0.477 e. The standard InChI is InChI=1S/C22H23F2N5O6S2/c1-2-34-18-11-25-9-15(27-18)17-10-26-21(36-17)20(30)28-19(16-12-33-6-7-35-16)13-4-3-5-14(8-13)29-37(31,32)22(23)24/h3-5,8-11,16,19,22,29H,2,6-7,12H2,1H3,(H,28,30)/t16-,19-/m0/s1. The predicted molar refractivity (Wildman–Crippen MR) is 130 cm³/mol. The lowest BCUT2D eigenvalue weighted by Crippen LogP contribution is -2.42. The highest BCUT2D eigenvalue weighted by Crippen LogP contribution is 2.28. The highest BCUT2D eigenvalue weighted by molar-refractivity contribution is 7.93. The minimum atomic E-state index is -4.87. The summed E-state index contributed by atoms with van der Waals surface area (Å²) in [6, 6.07) is 4.98. The molecule has 4 rings (SSSR count). The van der Waals surface area contributed by atoms with E-state index in [1.54, 1.807) is 6.07 Å². The molecule has 0 bridgehead atoms. The number of ether oxygens (including phenoxy) is 3. The summed E-state index contributed by atoms with van der Waals surface area (Å²) in [7, 11) is -4.87. The van der Waals surface area contributed by atoms with Crippen LogP contribution < -0.4 is 14.8 Å². The molecule has 0 aliphatic carbocycles. The molecule has 2 aromatic heterocycles. The Kier molecular flexibility index (Phi) is 8.58. The Bertz CT molecular complexity index is 1330. The monoisotopic (exact) mass is 555 g/mol. The molecule has 2 atom stereocenters. The minimum absolute atomic E-state index is 0.0851. The van der Waals surface area contributed by atoms with Gasteiger partial charge in [0.2, 0.25) is 5.88 Å². The van der Waals surface area contributed by atoms with Crippen LogP contribution >= 0.6 is 11.3 Å². The lowest BCUT2D eigenvalue weighted by molar-refractivity contribution is -0.101. The van der Waals surface area contributed by atoms with E-state index in [9.17, 15) is 22.0 Å². The second kappa shape index (κ2) is 11.9. The van der Waals surface area contributed by atoms with E-state index < -0.39 is 33.8 Å². The molecule has 198 valence electrons. The van der Waals surface area contributed by atoms with Crippen LogP contribution in [0.1, 0.15) is 28.3 Å². The van der Waals surface area contributed by atoms with Crippen molar-refractivity contribution in [3.05, 3.63) is 53.4 Å². The Morgan fingerprint density at radius 2 is 2.11 bits per heavy atom. The molecule has 1 aromatic carbocycles. The zero-order valence-electron chi connectivity index (χ0n) is 19.5. The third kappa shape index (κ3) is 6.74. The average Bonchev–Trinajstić information content (AvgIpc) is 3.39. The van der Waals surface area contributed by atoms with Crippen LogP contribution in [-0.2, 0) is 19.5 Å². The van der Waals surface area contributed by atoms with Gasteiger partial charge in [-0.25, -0.2) is 18.4 Å². The number of alkyl halides is 2. The SMILES string of the molecule is CCOc1cncc(-c2cnc(C(=O)N[C@@H](c3cccc(NS(=O)(=O)C(F)F)c3)[C@@H]3COCCO3)s2)n1. The normalized spacial score (nSPS) is 16.8. The molecule has 0 saturated carbocycles. The van der Waals surface area contributed by atoms with Crippen LogP contribution in [-0.4, -0.2) is 67.6 Å². The van der Waals surface area contributed by atoms with Crippen molar-refractivity contribution < 1.29 is 36.2 Å². The number of amides is 1. The van der Waals surface area contributed by atoms with Crippen LogP contribution in [0.25, 0.3) is 10.6 Å². The number of sulfonamides is 1. The van der Waals surface area contributed by atoms with E-state index in [1.165, 1.54) is 36.8 Å². The Hall–Kier alpha value is -3.27. The lowest BCUT2D eigenvalue weighted by Gasteiger charge is -2.31. The first-order valence-corrected chi connectivity index (χ1v) is 13.4. The van der Waals surface area contributed by atoms with Gasteiger partial charge in [0.15, 0.2) is 5.01 Å². The van der Waals surface area contributed by atoms with E-state index in [0.29, 0.717) is 35.2 Å². The molecule has 3 aromatic rings. The van der Waals surface area contributed by atoms with Crippen molar-refractivity contribution >= 4 is 33.0 Å². The Balaban J connectivity index is 1.57. The maximum atomic E-state index is 13.2. The smallest absolute Gasteiger partial charge is 0.355 e. The summed E-state index contributed by atoms with van der Waals surface area (Å²) in [5.74, 6) is -3.78. The second-order valence-electron chi connectivity index (χ2n) is 7.67. The molecule has 1 saturated heterocycles. The average molecular weight is 556 g/mol. The zero-order chi connectivity index (χ0) is 26.4. The van der Waals surface area contributed by atoms with Gasteiger partial charge in [0.25, 0.3) is 15.9 Å². The Labute approximate surface area is 215 Å². The molecule has 3 heterocycles. The number of hydrogen-bond acceptors (Lipinski definition) is 10. The van der Waals surface area contributed by atoms with Gasteiger partial charge in [-0.15, -0.1) is 11.3 Å². The highest BCUT2D eigenvalue weighted by Gasteiger charge is 2.30. The topological polar surface area (TPSA) is 142 Å². The molecule has 1 aliphatic heterocycles. The number of aromatic nitrogens is 3. The zero-order valence-corrected chi connectivity index (χ0v) is 21.1. The molecule has 0 spiro atoms. The molecule has 1 aliphatic rings. The molecule has 0 radical (unpaired) electrons. The van der Waals surface area contributed by atoms with Gasteiger partial charge in [0, 0.05) is 11.9 Å². The van der Waals surface area contributed by atoms with E-state index in [2.05, 4.69) is 20.3 Å². The van der Waals surface area contributed by atoms with E-state index >= 15 is 0 Å². The van der Waals surface area contributed by atoms with Crippen LogP contribution in [0.5, 0.6) is 5.88 Å². The molecule has 0 unspecified atom stereocenters. The van der Waals surface area contributed by atoms with Crippen LogP contribution in [0.2, 0.25) is 0 Å². The highest BCUT2D eigenvalue weighted by atomic mass is 32.2. The van der Waals surface area contributed by atoms with Gasteiger partial charge >= 0.3 is 5.76 Å². The first-order chi connectivity index (χ1) is 17.8. The van der Waals surface area contributed by atoms with E-state index in [-0.39, 0.29) is 23.9 Å². The second-order valence-corrected chi connectivity index (χ2v) is 10.4. The lowest BCUT2D eigenvalue weighted by atomic mass is 10.0. The van der Waals surface area contributed by atoms with Crippen LogP contribution in [0.3, 0.4) is 0 Å². The fourth-order valence-electron chi connectivity index (χ4n) is 3.48. The van der Waals surface area contributed by atoms with Gasteiger partial charge in [-0.1, -0.05) is 12.1 Å². The fraction of sp³-hybridized carbons (Fsp3) is 0.364. The molecule has 2 N–H and O–H groups in total. The van der Waals surface area contributed by atoms with Crippen molar-refractivity contribution in [2.75, 3.05) is 31.1 Å². The third-order valence-electron chi connectivity index (χ3n) is 5.10. The van der Waals surface area contributed by atoms with Gasteiger partial charge < -0.3 is 19.5 Å². The third-order valence-corrected chi connectivity index (χ3v) is 7.11. The van der Waals surface area contributed by atoms with Crippen molar-refractivity contribution in [1.82, 2.24) is 20.3 Å². The molecular weight excluding hydrogens is 532 g/mol. The number of carbonyl (C=O) groups excluding carboxylic acids is 1. The Morgan fingerprint density at radius 1 is 1.27 bits per heavy atom. The van der Waals surface area contributed by atoms with Gasteiger partial charge in [-0.05, 0) is 24.6 Å². The number of hydrogen-bond donors (Lipinski definition) is 2. The number of carbonyl (C=O) groups is 1. The predicted octanol–water partition coefficient (Wildman–Crippen LogP) is 2.85. The summed E-state index contributed by atoms with van der Waals surface area (Å²) in [5, 5.41) is 2.98. The molecule has 37 heavy (non-hydrogen) atoms. The number of thiazole rings is 1. The quantitative estimate of drug-likeness (QED) is 0.386.